The number of halogens is 1. The molecule has 1 amide bonds. The van der Waals surface area contributed by atoms with Crippen molar-refractivity contribution in [2.24, 2.45) is 28.9 Å². The number of aliphatic hydroxyl groups excluding tert-OH is 1. The molecule has 0 fully saturated rings. The SMILES string of the molecule is COc1cccc([C@@H](O)C(C)(C)/C=C/C#C/C=C/[C@@H]2OC(=O)/C=C\C[C@H](C)C[C@H](OC(N)=O)C[C@H](C)/C=C/[C@H]2C)c1Br. The highest BCUT2D eigenvalue weighted by Crippen LogP contribution is 2.40. The van der Waals surface area contributed by atoms with E-state index in [-0.39, 0.29) is 23.9 Å². The predicted octanol–water partition coefficient (Wildman–Crippen LogP) is 7.21. The molecule has 0 aromatic heterocycles. The Balaban J connectivity index is 2.16. The van der Waals surface area contributed by atoms with E-state index in [1.54, 1.807) is 31.4 Å². The number of esters is 1. The molecule has 0 unspecified atom stereocenters. The number of benzene rings is 1. The monoisotopic (exact) mass is 641 g/mol. The fourth-order valence-corrected chi connectivity index (χ4v) is 5.29. The van der Waals surface area contributed by atoms with Crippen LogP contribution in [0.3, 0.4) is 0 Å². The highest BCUT2D eigenvalue weighted by molar-refractivity contribution is 9.10. The molecule has 42 heavy (non-hydrogen) atoms. The van der Waals surface area contributed by atoms with E-state index in [0.717, 1.165) is 5.56 Å². The van der Waals surface area contributed by atoms with Crippen molar-refractivity contribution in [2.75, 3.05) is 7.11 Å². The van der Waals surface area contributed by atoms with Crippen molar-refractivity contribution in [3.63, 3.8) is 0 Å². The van der Waals surface area contributed by atoms with Gasteiger partial charge in [0.1, 0.15) is 18.0 Å². The van der Waals surface area contributed by atoms with Gasteiger partial charge in [0, 0.05) is 17.4 Å². The zero-order valence-corrected chi connectivity index (χ0v) is 27.0. The number of allylic oxidation sites excluding steroid dienone is 4. The molecule has 1 aliphatic heterocycles. The minimum Gasteiger partial charge on any atom is -0.496 e. The van der Waals surface area contributed by atoms with Crippen LogP contribution < -0.4 is 10.5 Å². The van der Waals surface area contributed by atoms with Crippen molar-refractivity contribution >= 4 is 28.0 Å². The molecule has 0 saturated carbocycles. The molecule has 0 aliphatic carbocycles. The van der Waals surface area contributed by atoms with Crippen LogP contribution in [0.15, 0.2) is 71.3 Å². The van der Waals surface area contributed by atoms with Crippen LogP contribution in [-0.2, 0) is 14.3 Å². The molecule has 228 valence electrons. The average molecular weight is 643 g/mol. The predicted molar refractivity (Wildman–Crippen MR) is 169 cm³/mol. The largest absolute Gasteiger partial charge is 0.496 e. The summed E-state index contributed by atoms with van der Waals surface area (Å²) in [5.74, 6) is 6.37. The van der Waals surface area contributed by atoms with Gasteiger partial charge in [-0.05, 0) is 76.9 Å². The van der Waals surface area contributed by atoms with Crippen molar-refractivity contribution in [1.29, 1.82) is 0 Å². The molecule has 7 nitrogen and oxygen atoms in total. The van der Waals surface area contributed by atoms with E-state index in [1.807, 2.05) is 64.1 Å². The summed E-state index contributed by atoms with van der Waals surface area (Å²) in [6.45, 7) is 9.92. The molecule has 0 bridgehead atoms. The van der Waals surface area contributed by atoms with Crippen molar-refractivity contribution in [3.05, 3.63) is 76.8 Å². The van der Waals surface area contributed by atoms with E-state index in [9.17, 15) is 14.7 Å². The highest BCUT2D eigenvalue weighted by atomic mass is 79.9. The molecule has 8 heteroatoms. The van der Waals surface area contributed by atoms with Crippen molar-refractivity contribution in [3.8, 4) is 17.6 Å². The topological polar surface area (TPSA) is 108 Å². The van der Waals surface area contributed by atoms with Gasteiger partial charge in [-0.25, -0.2) is 9.59 Å². The lowest BCUT2D eigenvalue weighted by molar-refractivity contribution is -0.142. The first-order valence-electron chi connectivity index (χ1n) is 14.2. The highest BCUT2D eigenvalue weighted by Gasteiger charge is 2.29. The second kappa shape index (κ2) is 17.0. The Hall–Kier alpha value is -3.28. The molecule has 1 aromatic rings. The lowest BCUT2D eigenvalue weighted by Crippen LogP contribution is -2.26. The van der Waals surface area contributed by atoms with Gasteiger partial charge in [0.05, 0.1) is 17.7 Å². The summed E-state index contributed by atoms with van der Waals surface area (Å²) in [5.41, 5.74) is 5.41. The summed E-state index contributed by atoms with van der Waals surface area (Å²) < 4.78 is 17.2. The van der Waals surface area contributed by atoms with E-state index in [4.69, 9.17) is 19.9 Å². The number of rotatable bonds is 6. The summed E-state index contributed by atoms with van der Waals surface area (Å²) in [4.78, 5) is 23.9. The lowest BCUT2D eigenvalue weighted by atomic mass is 9.82. The van der Waals surface area contributed by atoms with Gasteiger partial charge in [-0.1, -0.05) is 82.9 Å². The zero-order valence-electron chi connectivity index (χ0n) is 25.4. The second-order valence-corrected chi connectivity index (χ2v) is 12.3. The Morgan fingerprint density at radius 2 is 1.90 bits per heavy atom. The molecule has 0 radical (unpaired) electrons. The number of cyclic esters (lactones) is 1. The van der Waals surface area contributed by atoms with Crippen LogP contribution >= 0.6 is 15.9 Å². The number of carbonyl (C=O) groups excluding carboxylic acids is 2. The molecule has 0 saturated heterocycles. The Morgan fingerprint density at radius 3 is 2.60 bits per heavy atom. The molecule has 3 N–H and O–H groups in total. The molecular weight excluding hydrogens is 598 g/mol. The van der Waals surface area contributed by atoms with Gasteiger partial charge in [0.25, 0.3) is 0 Å². The maximum absolute atomic E-state index is 12.5. The molecule has 1 heterocycles. The first-order chi connectivity index (χ1) is 19.8. The number of carbonyl (C=O) groups is 2. The Labute approximate surface area is 259 Å². The average Bonchev–Trinajstić information content (AvgIpc) is 2.91. The third-order valence-electron chi connectivity index (χ3n) is 7.15. The Bertz CT molecular complexity index is 1240. The fourth-order valence-electron chi connectivity index (χ4n) is 4.65. The van der Waals surface area contributed by atoms with Crippen LogP contribution in [0.25, 0.3) is 0 Å². The van der Waals surface area contributed by atoms with Crippen LogP contribution in [0.1, 0.15) is 65.5 Å². The van der Waals surface area contributed by atoms with Crippen molar-refractivity contribution in [1.82, 2.24) is 0 Å². The smallest absolute Gasteiger partial charge is 0.404 e. The Morgan fingerprint density at radius 1 is 1.19 bits per heavy atom. The van der Waals surface area contributed by atoms with Crippen LogP contribution in [0.5, 0.6) is 5.75 Å². The number of nitrogens with two attached hydrogens (primary N) is 1. The molecule has 1 aliphatic rings. The summed E-state index contributed by atoms with van der Waals surface area (Å²) in [6.07, 6.45) is 13.9. The normalized spacial score (nSPS) is 26.4. The second-order valence-electron chi connectivity index (χ2n) is 11.5. The van der Waals surface area contributed by atoms with Crippen LogP contribution in [0.2, 0.25) is 0 Å². The van der Waals surface area contributed by atoms with Crippen molar-refractivity contribution < 1.29 is 28.9 Å². The summed E-state index contributed by atoms with van der Waals surface area (Å²) in [6, 6.07) is 5.52. The molecule has 6 atom stereocenters. The lowest BCUT2D eigenvalue weighted by Gasteiger charge is -2.28. The number of amides is 1. The number of methoxy groups -OCH3 is 1. The van der Waals surface area contributed by atoms with Gasteiger partial charge in [0.2, 0.25) is 0 Å². The van der Waals surface area contributed by atoms with E-state index in [1.165, 1.54) is 6.08 Å². The molecular formula is C34H44BrNO6. The Kier molecular flexibility index (Phi) is 14.1. The number of hydrogen-bond donors (Lipinski definition) is 2. The minimum absolute atomic E-state index is 0.119. The maximum Gasteiger partial charge on any atom is 0.404 e. The van der Waals surface area contributed by atoms with Crippen molar-refractivity contribution in [2.45, 2.75) is 72.2 Å². The number of aliphatic hydroxyl groups is 1. The summed E-state index contributed by atoms with van der Waals surface area (Å²) >= 11 is 3.52. The van der Waals surface area contributed by atoms with Crippen LogP contribution in [-0.4, -0.2) is 36.5 Å². The third-order valence-corrected chi connectivity index (χ3v) is 8.00. The summed E-state index contributed by atoms with van der Waals surface area (Å²) in [7, 11) is 1.59. The first kappa shape index (κ1) is 34.9. The van der Waals surface area contributed by atoms with E-state index >= 15 is 0 Å². The maximum atomic E-state index is 12.5. The van der Waals surface area contributed by atoms with E-state index in [2.05, 4.69) is 34.7 Å². The minimum atomic E-state index is -0.789. The standard InChI is InChI=1S/C34H44BrNO6/c1-23-13-11-17-30(37)42-28(25(3)19-18-24(2)22-26(21-23)41-33(36)39)15-9-7-8-10-20-34(4,5)32(38)27-14-12-16-29(40-6)31(27)35/h9-12,14-20,23-26,28,32,38H,13,21-22H2,1-6H3,(H2,36,39)/b15-9+,17-11-,19-18+,20-10+/t23-,24+,25+,26-,28-,32+/m0/s1. The van der Waals surface area contributed by atoms with Crippen LogP contribution in [0, 0.1) is 35.0 Å². The van der Waals surface area contributed by atoms with Gasteiger partial charge in [0.15, 0.2) is 0 Å². The van der Waals surface area contributed by atoms with E-state index < -0.39 is 29.7 Å². The van der Waals surface area contributed by atoms with E-state index in [0.29, 0.717) is 29.5 Å². The van der Waals surface area contributed by atoms with Gasteiger partial charge >= 0.3 is 12.1 Å². The number of primary amides is 1. The van der Waals surface area contributed by atoms with Crippen LogP contribution in [0.4, 0.5) is 4.79 Å². The molecule has 0 spiro atoms. The van der Waals surface area contributed by atoms with Gasteiger partial charge in [-0.3, -0.25) is 0 Å². The van der Waals surface area contributed by atoms with Gasteiger partial charge < -0.3 is 25.1 Å². The quantitative estimate of drug-likeness (QED) is 0.193. The molecule has 2 rings (SSSR count). The fraction of sp³-hybridized carbons (Fsp3) is 0.471. The first-order valence-corrected chi connectivity index (χ1v) is 15.0. The third kappa shape index (κ3) is 11.5. The van der Waals surface area contributed by atoms with Gasteiger partial charge in [-0.2, -0.15) is 0 Å². The zero-order chi connectivity index (χ0) is 31.3. The molecule has 1 aromatic carbocycles. The van der Waals surface area contributed by atoms with Gasteiger partial charge in [-0.15, -0.1) is 0 Å². The number of ether oxygens (including phenoxy) is 3. The summed E-state index contributed by atoms with van der Waals surface area (Å²) in [5, 5.41) is 11.0. The number of hydrogen-bond acceptors (Lipinski definition) is 6.